The largest absolute Gasteiger partial charge is 0.389 e. The van der Waals surface area contributed by atoms with Crippen molar-refractivity contribution >= 4 is 16.9 Å². The van der Waals surface area contributed by atoms with E-state index in [0.29, 0.717) is 30.7 Å². The number of aromatic nitrogens is 2. The highest BCUT2D eigenvalue weighted by Gasteiger charge is 2.27. The number of aryl methyl sites for hydroxylation is 1. The Morgan fingerprint density at radius 2 is 2.14 bits per heavy atom. The van der Waals surface area contributed by atoms with Crippen LogP contribution in [0.1, 0.15) is 27.9 Å². The Morgan fingerprint density at radius 1 is 1.36 bits per heavy atom. The highest BCUT2D eigenvalue weighted by molar-refractivity contribution is 6.06. The zero-order valence-electron chi connectivity index (χ0n) is 15.6. The fourth-order valence-electron chi connectivity index (χ4n) is 3.61. The summed E-state index contributed by atoms with van der Waals surface area (Å²) in [6.07, 6.45) is 3.29. The molecule has 0 saturated carbocycles. The summed E-state index contributed by atoms with van der Waals surface area (Å²) in [4.78, 5) is 17.4. The van der Waals surface area contributed by atoms with Gasteiger partial charge in [-0.15, -0.1) is 0 Å². The van der Waals surface area contributed by atoms with E-state index in [1.807, 2.05) is 17.6 Å². The smallest absolute Gasteiger partial charge is 0.255 e. The number of aliphatic hydroxyl groups is 1. The molecule has 1 aliphatic heterocycles. The average molecular weight is 383 g/mol. The number of pyridine rings is 1. The van der Waals surface area contributed by atoms with Gasteiger partial charge in [-0.05, 0) is 42.7 Å². The number of carbonyl (C=O) groups excluding carboxylic acids is 1. The fraction of sp³-hybridized carbons (Fsp3) is 0.333. The van der Waals surface area contributed by atoms with Crippen molar-refractivity contribution in [2.24, 2.45) is 0 Å². The number of amides is 1. The molecule has 1 aromatic carbocycles. The number of nitrogens with one attached hydrogen (secondary N) is 1. The quantitative estimate of drug-likeness (QED) is 0.726. The summed E-state index contributed by atoms with van der Waals surface area (Å²) in [7, 11) is 0. The van der Waals surface area contributed by atoms with E-state index in [1.54, 1.807) is 24.5 Å². The van der Waals surface area contributed by atoms with Crippen LogP contribution in [0.25, 0.3) is 11.0 Å². The minimum absolute atomic E-state index is 0.217. The summed E-state index contributed by atoms with van der Waals surface area (Å²) in [5, 5.41) is 13.0. The van der Waals surface area contributed by atoms with Crippen molar-refractivity contribution in [2.75, 3.05) is 13.2 Å². The van der Waals surface area contributed by atoms with Gasteiger partial charge in [-0.3, -0.25) is 9.78 Å². The lowest BCUT2D eigenvalue weighted by Crippen LogP contribution is -2.48. The predicted octanol–water partition coefficient (Wildman–Crippen LogP) is 2.41. The second-order valence-electron chi connectivity index (χ2n) is 7.13. The second kappa shape index (κ2) is 7.69. The third-order valence-electron chi connectivity index (χ3n) is 5.11. The first-order valence-corrected chi connectivity index (χ1v) is 9.28. The van der Waals surface area contributed by atoms with E-state index in [0.717, 1.165) is 16.6 Å². The minimum atomic E-state index is -0.722. The second-order valence-corrected chi connectivity index (χ2v) is 7.13. The number of aliphatic hydroxyl groups excluding tert-OH is 1. The van der Waals surface area contributed by atoms with Crippen LogP contribution in [0.2, 0.25) is 0 Å². The Morgan fingerprint density at radius 3 is 2.89 bits per heavy atom. The van der Waals surface area contributed by atoms with Crippen molar-refractivity contribution in [1.29, 1.82) is 0 Å². The van der Waals surface area contributed by atoms with Gasteiger partial charge in [0.2, 0.25) is 0 Å². The molecule has 2 atom stereocenters. The maximum Gasteiger partial charge on any atom is 0.255 e. The molecule has 6 nitrogen and oxygen atoms in total. The molecule has 0 bridgehead atoms. The van der Waals surface area contributed by atoms with E-state index >= 15 is 0 Å². The molecule has 4 rings (SSSR count). The lowest BCUT2D eigenvalue weighted by atomic mass is 10.1. The van der Waals surface area contributed by atoms with Crippen molar-refractivity contribution in [3.63, 3.8) is 0 Å². The molecule has 0 aliphatic carbocycles. The van der Waals surface area contributed by atoms with Gasteiger partial charge in [0.1, 0.15) is 11.3 Å². The molecule has 1 amide bonds. The van der Waals surface area contributed by atoms with E-state index < -0.39 is 6.10 Å². The van der Waals surface area contributed by atoms with Crippen molar-refractivity contribution in [1.82, 2.24) is 14.9 Å². The van der Waals surface area contributed by atoms with Gasteiger partial charge in [0.25, 0.3) is 5.91 Å². The first-order chi connectivity index (χ1) is 13.5. The normalized spacial score (nSPS) is 19.7. The summed E-state index contributed by atoms with van der Waals surface area (Å²) in [6.45, 7) is 3.19. The highest BCUT2D eigenvalue weighted by Crippen LogP contribution is 2.24. The summed E-state index contributed by atoms with van der Waals surface area (Å²) >= 11 is 0. The zero-order chi connectivity index (χ0) is 19.7. The Balaban J connectivity index is 1.67. The SMILES string of the molecule is Cc1ccnc2c(C(=O)N[C@H]3CCOC[C@@H]3O)cn(Cc3ccc(F)cc3)c12. The van der Waals surface area contributed by atoms with Gasteiger partial charge in [-0.1, -0.05) is 12.1 Å². The van der Waals surface area contributed by atoms with E-state index in [-0.39, 0.29) is 24.4 Å². The highest BCUT2D eigenvalue weighted by atomic mass is 19.1. The minimum Gasteiger partial charge on any atom is -0.389 e. The van der Waals surface area contributed by atoms with Crippen molar-refractivity contribution < 1.29 is 19.0 Å². The first-order valence-electron chi connectivity index (χ1n) is 9.28. The van der Waals surface area contributed by atoms with Crippen LogP contribution in [0, 0.1) is 12.7 Å². The Labute approximate surface area is 162 Å². The standard InChI is InChI=1S/C21H22FN3O3/c1-13-6-8-23-19-16(21(27)24-17-7-9-28-12-18(17)26)11-25(20(13)19)10-14-2-4-15(22)5-3-14/h2-6,8,11,17-18,26H,7,9-10,12H2,1H3,(H,24,27)/t17-,18-/m0/s1. The van der Waals surface area contributed by atoms with E-state index in [1.165, 1.54) is 12.1 Å². The molecule has 1 saturated heterocycles. The van der Waals surface area contributed by atoms with Gasteiger partial charge in [-0.2, -0.15) is 0 Å². The Bertz CT molecular complexity index is 1000. The van der Waals surface area contributed by atoms with Crippen LogP contribution in [0.4, 0.5) is 4.39 Å². The number of benzene rings is 1. The molecule has 146 valence electrons. The molecule has 0 spiro atoms. The predicted molar refractivity (Wildman–Crippen MR) is 103 cm³/mol. The zero-order valence-corrected chi connectivity index (χ0v) is 15.6. The number of nitrogens with zero attached hydrogens (tertiary/aromatic N) is 2. The van der Waals surface area contributed by atoms with Gasteiger partial charge in [-0.25, -0.2) is 4.39 Å². The van der Waals surface area contributed by atoms with Gasteiger partial charge >= 0.3 is 0 Å². The van der Waals surface area contributed by atoms with Crippen LogP contribution < -0.4 is 5.32 Å². The number of fused-ring (bicyclic) bond motifs is 1. The number of rotatable bonds is 4. The molecule has 7 heteroatoms. The molecule has 28 heavy (non-hydrogen) atoms. The topological polar surface area (TPSA) is 76.4 Å². The summed E-state index contributed by atoms with van der Waals surface area (Å²) < 4.78 is 20.4. The molecular formula is C21H22FN3O3. The number of halogens is 1. The molecule has 1 aliphatic rings. The third-order valence-corrected chi connectivity index (χ3v) is 5.11. The monoisotopic (exact) mass is 383 g/mol. The van der Waals surface area contributed by atoms with Gasteiger partial charge < -0.3 is 19.7 Å². The lowest BCUT2D eigenvalue weighted by Gasteiger charge is -2.28. The van der Waals surface area contributed by atoms with Crippen LogP contribution in [-0.4, -0.2) is 45.9 Å². The van der Waals surface area contributed by atoms with Crippen LogP contribution >= 0.6 is 0 Å². The van der Waals surface area contributed by atoms with Crippen molar-refractivity contribution in [3.05, 3.63) is 65.2 Å². The van der Waals surface area contributed by atoms with Gasteiger partial charge in [0.05, 0.1) is 29.8 Å². The number of ether oxygens (including phenoxy) is 1. The molecule has 0 unspecified atom stereocenters. The molecule has 3 heterocycles. The number of carbonyl (C=O) groups is 1. The Hall–Kier alpha value is -2.77. The molecular weight excluding hydrogens is 361 g/mol. The molecule has 2 N–H and O–H groups in total. The molecule has 2 aromatic heterocycles. The van der Waals surface area contributed by atoms with E-state index in [9.17, 15) is 14.3 Å². The summed E-state index contributed by atoms with van der Waals surface area (Å²) in [6, 6.07) is 7.85. The van der Waals surface area contributed by atoms with Crippen molar-refractivity contribution in [2.45, 2.75) is 32.0 Å². The van der Waals surface area contributed by atoms with E-state index in [4.69, 9.17) is 4.74 Å². The molecule has 0 radical (unpaired) electrons. The maximum absolute atomic E-state index is 13.2. The Kier molecular flexibility index (Phi) is 5.11. The summed E-state index contributed by atoms with van der Waals surface area (Å²) in [5.41, 5.74) is 3.86. The first kappa shape index (κ1) is 18.6. The average Bonchev–Trinajstić information content (AvgIpc) is 3.05. The molecule has 3 aromatic rings. The van der Waals surface area contributed by atoms with Gasteiger partial charge in [0.15, 0.2) is 0 Å². The summed E-state index contributed by atoms with van der Waals surface area (Å²) in [5.74, 6) is -0.555. The van der Waals surface area contributed by atoms with E-state index in [2.05, 4.69) is 10.3 Å². The van der Waals surface area contributed by atoms with Crippen molar-refractivity contribution in [3.8, 4) is 0 Å². The lowest BCUT2D eigenvalue weighted by molar-refractivity contribution is -0.0260. The van der Waals surface area contributed by atoms with Crippen LogP contribution in [-0.2, 0) is 11.3 Å². The number of hydrogen-bond acceptors (Lipinski definition) is 4. The molecule has 1 fully saturated rings. The number of hydrogen-bond donors (Lipinski definition) is 2. The maximum atomic E-state index is 13.2. The van der Waals surface area contributed by atoms with Crippen LogP contribution in [0.3, 0.4) is 0 Å². The van der Waals surface area contributed by atoms with Gasteiger partial charge in [0, 0.05) is 25.5 Å². The third kappa shape index (κ3) is 3.63. The van der Waals surface area contributed by atoms with Crippen LogP contribution in [0.15, 0.2) is 42.7 Å². The van der Waals surface area contributed by atoms with Crippen LogP contribution in [0.5, 0.6) is 0 Å². The fourth-order valence-corrected chi connectivity index (χ4v) is 3.61.